The molecule has 1 aliphatic heterocycles. The summed E-state index contributed by atoms with van der Waals surface area (Å²) in [6.07, 6.45) is 3.12. The summed E-state index contributed by atoms with van der Waals surface area (Å²) < 4.78 is 27.1. The molecule has 0 aliphatic carbocycles. The Morgan fingerprint density at radius 2 is 2.03 bits per heavy atom. The number of fused-ring (bicyclic) bond motifs is 1. The monoisotopic (exact) mass is 520 g/mol. The first-order valence-electron chi connectivity index (χ1n) is 12.0. The number of aromatic nitrogens is 8. The lowest BCUT2D eigenvalue weighted by Gasteiger charge is -2.36. The SMILES string of the molecule is Nc1nc(NCCN2CCN(c3ccc(OCc4cn[nH]n4)cc3F)CC2)nc2nc(-c3ccco3)nn12. The van der Waals surface area contributed by atoms with E-state index < -0.39 is 0 Å². The third-order valence-corrected chi connectivity index (χ3v) is 6.17. The van der Waals surface area contributed by atoms with Gasteiger partial charge in [0.15, 0.2) is 5.76 Å². The van der Waals surface area contributed by atoms with Gasteiger partial charge in [-0.05, 0) is 24.3 Å². The number of nitrogen functional groups attached to an aromatic ring is 1. The number of piperazine rings is 1. The molecule has 0 bridgehead atoms. The third kappa shape index (κ3) is 5.04. The minimum Gasteiger partial charge on any atom is -0.487 e. The molecule has 0 spiro atoms. The lowest BCUT2D eigenvalue weighted by atomic mass is 10.2. The number of ether oxygens (including phenoxy) is 1. The van der Waals surface area contributed by atoms with Gasteiger partial charge in [0, 0.05) is 45.3 Å². The van der Waals surface area contributed by atoms with Crippen LogP contribution in [-0.2, 0) is 6.61 Å². The summed E-state index contributed by atoms with van der Waals surface area (Å²) in [7, 11) is 0. The Labute approximate surface area is 215 Å². The van der Waals surface area contributed by atoms with Gasteiger partial charge in [-0.1, -0.05) is 0 Å². The molecule has 14 nitrogen and oxygen atoms in total. The average Bonchev–Trinajstić information content (AvgIpc) is 3.70. The number of hydrogen-bond donors (Lipinski definition) is 3. The number of hydrogen-bond acceptors (Lipinski definition) is 12. The Kier molecular flexibility index (Phi) is 6.39. The molecular formula is C23H25FN12O2. The highest BCUT2D eigenvalue weighted by Gasteiger charge is 2.20. The maximum atomic E-state index is 14.8. The van der Waals surface area contributed by atoms with Crippen molar-refractivity contribution in [3.8, 4) is 17.3 Å². The summed E-state index contributed by atoms with van der Waals surface area (Å²) in [5.74, 6) is 1.92. The molecule has 1 saturated heterocycles. The fraction of sp³-hybridized carbons (Fsp3) is 0.304. The minimum absolute atomic E-state index is 0.174. The number of nitrogens with one attached hydrogen (secondary N) is 2. The van der Waals surface area contributed by atoms with Crippen LogP contribution in [-0.4, -0.2) is 84.1 Å². The number of nitrogens with two attached hydrogens (primary N) is 1. The van der Waals surface area contributed by atoms with Gasteiger partial charge < -0.3 is 25.1 Å². The van der Waals surface area contributed by atoms with Crippen LogP contribution in [0, 0.1) is 5.82 Å². The zero-order valence-corrected chi connectivity index (χ0v) is 20.3. The van der Waals surface area contributed by atoms with E-state index in [0.29, 0.717) is 60.1 Å². The van der Waals surface area contributed by atoms with Crippen LogP contribution in [0.15, 0.2) is 47.2 Å². The normalized spacial score (nSPS) is 14.3. The first kappa shape index (κ1) is 23.6. The van der Waals surface area contributed by atoms with Crippen LogP contribution in [0.5, 0.6) is 5.75 Å². The predicted octanol–water partition coefficient (Wildman–Crippen LogP) is 1.43. The van der Waals surface area contributed by atoms with Crippen molar-refractivity contribution in [1.29, 1.82) is 0 Å². The maximum absolute atomic E-state index is 14.8. The maximum Gasteiger partial charge on any atom is 0.259 e. The summed E-state index contributed by atoms with van der Waals surface area (Å²) in [6.45, 7) is 4.61. The zero-order valence-electron chi connectivity index (χ0n) is 20.3. The standard InChI is InChI=1S/C23H25FN12O2/c24-17-12-16(38-14-15-13-27-33-31-15)3-4-18(17)35-9-7-34(8-10-35)6-5-26-22-29-21(25)36-23(30-22)28-20(32-36)19-2-1-11-37-19/h1-4,11-13H,5-10,14H2,(H,27,31,33)(H3,25,26,28,29,30,32). The third-order valence-electron chi connectivity index (χ3n) is 6.17. The van der Waals surface area contributed by atoms with Crippen molar-refractivity contribution in [2.75, 3.05) is 55.2 Å². The molecule has 5 heterocycles. The fourth-order valence-electron chi connectivity index (χ4n) is 4.22. The van der Waals surface area contributed by atoms with Gasteiger partial charge in [-0.3, -0.25) is 4.90 Å². The second-order valence-electron chi connectivity index (χ2n) is 8.65. The van der Waals surface area contributed by atoms with E-state index in [0.717, 1.165) is 19.6 Å². The summed E-state index contributed by atoms with van der Waals surface area (Å²) in [6, 6.07) is 8.45. The highest BCUT2D eigenvalue weighted by molar-refractivity contribution is 5.53. The fourth-order valence-corrected chi connectivity index (χ4v) is 4.22. The van der Waals surface area contributed by atoms with Crippen LogP contribution in [0.4, 0.5) is 22.0 Å². The summed E-state index contributed by atoms with van der Waals surface area (Å²) in [5, 5.41) is 17.7. The van der Waals surface area contributed by atoms with Crippen molar-refractivity contribution < 1.29 is 13.5 Å². The Balaban J connectivity index is 0.992. The minimum atomic E-state index is -0.313. The number of rotatable bonds is 9. The summed E-state index contributed by atoms with van der Waals surface area (Å²) >= 11 is 0. The van der Waals surface area contributed by atoms with Crippen molar-refractivity contribution in [3.05, 3.63) is 54.3 Å². The molecular weight excluding hydrogens is 495 g/mol. The van der Waals surface area contributed by atoms with Gasteiger partial charge in [0.2, 0.25) is 17.7 Å². The second kappa shape index (κ2) is 10.3. The first-order chi connectivity index (χ1) is 18.6. The van der Waals surface area contributed by atoms with E-state index in [2.05, 4.69) is 45.7 Å². The number of aromatic amines is 1. The van der Waals surface area contributed by atoms with E-state index in [9.17, 15) is 4.39 Å². The van der Waals surface area contributed by atoms with Gasteiger partial charge in [-0.2, -0.15) is 34.9 Å². The van der Waals surface area contributed by atoms with Crippen molar-refractivity contribution in [2.24, 2.45) is 0 Å². The quantitative estimate of drug-likeness (QED) is 0.256. The van der Waals surface area contributed by atoms with E-state index in [-0.39, 0.29) is 18.4 Å². The van der Waals surface area contributed by atoms with Crippen molar-refractivity contribution >= 4 is 23.4 Å². The molecule has 4 N–H and O–H groups in total. The Morgan fingerprint density at radius 3 is 2.79 bits per heavy atom. The number of nitrogens with zero attached hydrogens (tertiary/aromatic N) is 9. The summed E-state index contributed by atoms with van der Waals surface area (Å²) in [4.78, 5) is 17.4. The molecule has 1 aliphatic rings. The molecule has 0 atom stereocenters. The van der Waals surface area contributed by atoms with E-state index in [1.807, 2.05) is 4.90 Å². The number of furan rings is 1. The molecule has 0 radical (unpaired) electrons. The summed E-state index contributed by atoms with van der Waals surface area (Å²) in [5.41, 5.74) is 7.26. The van der Waals surface area contributed by atoms with Gasteiger partial charge in [0.05, 0.1) is 18.1 Å². The van der Waals surface area contributed by atoms with E-state index in [1.54, 1.807) is 36.7 Å². The van der Waals surface area contributed by atoms with Crippen LogP contribution in [0.2, 0.25) is 0 Å². The smallest absolute Gasteiger partial charge is 0.259 e. The molecule has 6 rings (SSSR count). The van der Waals surface area contributed by atoms with Gasteiger partial charge in [0.1, 0.15) is 23.9 Å². The molecule has 15 heteroatoms. The molecule has 5 aromatic rings. The number of H-pyrrole nitrogens is 1. The lowest BCUT2D eigenvalue weighted by Crippen LogP contribution is -2.48. The average molecular weight is 521 g/mol. The Bertz CT molecular complexity index is 1500. The largest absolute Gasteiger partial charge is 0.487 e. The van der Waals surface area contributed by atoms with Crippen molar-refractivity contribution in [2.45, 2.75) is 6.61 Å². The van der Waals surface area contributed by atoms with E-state index in [1.165, 1.54) is 10.6 Å². The molecule has 4 aromatic heterocycles. The molecule has 0 saturated carbocycles. The van der Waals surface area contributed by atoms with Crippen molar-refractivity contribution in [1.82, 2.24) is 44.9 Å². The molecule has 196 valence electrons. The van der Waals surface area contributed by atoms with Crippen LogP contribution in [0.25, 0.3) is 17.4 Å². The lowest BCUT2D eigenvalue weighted by molar-refractivity contribution is 0.266. The highest BCUT2D eigenvalue weighted by Crippen LogP contribution is 2.25. The Morgan fingerprint density at radius 1 is 1.13 bits per heavy atom. The molecule has 1 fully saturated rings. The Hall–Kier alpha value is -4.79. The van der Waals surface area contributed by atoms with Crippen LogP contribution >= 0.6 is 0 Å². The van der Waals surface area contributed by atoms with Gasteiger partial charge >= 0.3 is 0 Å². The van der Waals surface area contributed by atoms with Gasteiger partial charge in [-0.25, -0.2) is 4.39 Å². The predicted molar refractivity (Wildman–Crippen MR) is 135 cm³/mol. The molecule has 0 amide bonds. The molecule has 0 unspecified atom stereocenters. The van der Waals surface area contributed by atoms with Gasteiger partial charge in [0.25, 0.3) is 5.78 Å². The number of benzene rings is 1. The molecule has 1 aromatic carbocycles. The van der Waals surface area contributed by atoms with Gasteiger partial charge in [-0.15, -0.1) is 5.10 Å². The van der Waals surface area contributed by atoms with Crippen LogP contribution < -0.4 is 20.7 Å². The van der Waals surface area contributed by atoms with E-state index >= 15 is 0 Å². The topological polar surface area (TPSA) is 164 Å². The molecule has 38 heavy (non-hydrogen) atoms. The number of halogens is 1. The second-order valence-corrected chi connectivity index (χ2v) is 8.65. The number of anilines is 3. The zero-order chi connectivity index (χ0) is 25.9. The van der Waals surface area contributed by atoms with Crippen molar-refractivity contribution in [3.63, 3.8) is 0 Å². The highest BCUT2D eigenvalue weighted by atomic mass is 19.1. The van der Waals surface area contributed by atoms with Crippen LogP contribution in [0.1, 0.15) is 5.69 Å². The first-order valence-corrected chi connectivity index (χ1v) is 12.0. The van der Waals surface area contributed by atoms with Crippen LogP contribution in [0.3, 0.4) is 0 Å². The van der Waals surface area contributed by atoms with E-state index in [4.69, 9.17) is 14.9 Å².